The number of aromatic hydroxyl groups is 1. The number of amidine groups is 1. The zero-order valence-electron chi connectivity index (χ0n) is 9.96. The van der Waals surface area contributed by atoms with E-state index in [1.54, 1.807) is 0 Å². The number of carbonyl (C=O) groups is 1. The maximum absolute atomic E-state index is 12.0. The fraction of sp³-hybridized carbons (Fsp3) is 0. The van der Waals surface area contributed by atoms with Crippen LogP contribution in [0.5, 0.6) is 5.75 Å². The average Bonchev–Trinajstić information content (AvgIpc) is 2.89. The number of aromatic nitrogens is 2. The molecular weight excluding hydrogens is 286 g/mol. The third-order valence-corrected chi connectivity index (χ3v) is 2.77. The molecule has 0 saturated carbocycles. The molecule has 104 valence electrons. The summed E-state index contributed by atoms with van der Waals surface area (Å²) in [5, 5.41) is 29.5. The van der Waals surface area contributed by atoms with Gasteiger partial charge in [0.25, 0.3) is 5.91 Å². The Labute approximate surface area is 117 Å². The first-order valence-electron chi connectivity index (χ1n) is 5.34. The molecule has 8 nitrogen and oxygen atoms in total. The lowest BCUT2D eigenvalue weighted by molar-refractivity contribution is 0.102. The molecule has 1 amide bonds. The van der Waals surface area contributed by atoms with Crippen molar-refractivity contribution < 1.29 is 15.1 Å². The molecule has 20 heavy (non-hydrogen) atoms. The topological polar surface area (TPSA) is 137 Å². The maximum atomic E-state index is 12.0. The molecule has 2 rings (SSSR count). The highest BCUT2D eigenvalue weighted by Crippen LogP contribution is 2.24. The molecule has 0 unspecified atom stereocenters. The molecule has 0 bridgehead atoms. The average molecular weight is 296 g/mol. The van der Waals surface area contributed by atoms with E-state index in [0.29, 0.717) is 0 Å². The van der Waals surface area contributed by atoms with Gasteiger partial charge in [0.15, 0.2) is 5.84 Å². The van der Waals surface area contributed by atoms with Gasteiger partial charge in [-0.25, -0.2) is 0 Å². The number of carbonyl (C=O) groups excluding carboxylic acids is 1. The summed E-state index contributed by atoms with van der Waals surface area (Å²) in [6.45, 7) is 0. The molecule has 1 heterocycles. The normalized spacial score (nSPS) is 11.3. The summed E-state index contributed by atoms with van der Waals surface area (Å²) in [5.74, 6) is -0.641. The molecule has 0 atom stereocenters. The van der Waals surface area contributed by atoms with E-state index in [2.05, 4.69) is 20.7 Å². The number of H-pyrrole nitrogens is 1. The molecule has 0 aliphatic heterocycles. The number of hydrogen-bond acceptors (Lipinski definition) is 5. The van der Waals surface area contributed by atoms with Crippen molar-refractivity contribution in [1.29, 1.82) is 0 Å². The van der Waals surface area contributed by atoms with Crippen molar-refractivity contribution in [1.82, 2.24) is 10.2 Å². The van der Waals surface area contributed by atoms with Crippen molar-refractivity contribution in [3.05, 3.63) is 40.5 Å². The van der Waals surface area contributed by atoms with E-state index in [4.69, 9.17) is 22.5 Å². The molecule has 6 N–H and O–H groups in total. The lowest BCUT2D eigenvalue weighted by atomic mass is 10.2. The molecule has 0 fully saturated rings. The van der Waals surface area contributed by atoms with Crippen LogP contribution in [-0.2, 0) is 0 Å². The first-order valence-corrected chi connectivity index (χ1v) is 5.72. The van der Waals surface area contributed by atoms with Gasteiger partial charge in [0.1, 0.15) is 11.6 Å². The van der Waals surface area contributed by atoms with Crippen molar-refractivity contribution in [2.75, 3.05) is 5.32 Å². The highest BCUT2D eigenvalue weighted by Gasteiger charge is 2.14. The molecule has 0 spiro atoms. The number of benzene rings is 1. The summed E-state index contributed by atoms with van der Waals surface area (Å²) in [6, 6.07) is 4.01. The molecule has 0 saturated heterocycles. The fourth-order valence-electron chi connectivity index (χ4n) is 1.46. The Morgan fingerprint density at radius 1 is 1.50 bits per heavy atom. The number of phenolic OH excluding ortho intramolecular Hbond substituents is 1. The van der Waals surface area contributed by atoms with E-state index < -0.39 is 5.91 Å². The zero-order valence-corrected chi connectivity index (χ0v) is 10.7. The van der Waals surface area contributed by atoms with Crippen LogP contribution in [0, 0.1) is 0 Å². The lowest BCUT2D eigenvalue weighted by Gasteiger charge is -2.06. The van der Waals surface area contributed by atoms with Crippen molar-refractivity contribution in [2.24, 2.45) is 10.9 Å². The SMILES string of the molecule is NC(=NO)c1cn[nH]c1NC(=O)c1ccc(O)c(Cl)c1. The van der Waals surface area contributed by atoms with Gasteiger partial charge in [-0.3, -0.25) is 9.89 Å². The number of amides is 1. The predicted molar refractivity (Wildman–Crippen MR) is 72.2 cm³/mol. The molecule has 1 aromatic heterocycles. The van der Waals surface area contributed by atoms with Crippen LogP contribution in [0.1, 0.15) is 15.9 Å². The number of halogens is 1. The van der Waals surface area contributed by atoms with Gasteiger partial charge in [0.05, 0.1) is 16.8 Å². The monoisotopic (exact) mass is 295 g/mol. The number of anilines is 1. The molecule has 0 aliphatic rings. The van der Waals surface area contributed by atoms with Gasteiger partial charge in [0.2, 0.25) is 0 Å². The predicted octanol–water partition coefficient (Wildman–Crippen LogP) is 1.12. The minimum atomic E-state index is -0.497. The van der Waals surface area contributed by atoms with Crippen LogP contribution < -0.4 is 11.1 Å². The molecule has 9 heteroatoms. The van der Waals surface area contributed by atoms with Crippen LogP contribution in [0.25, 0.3) is 0 Å². The Morgan fingerprint density at radius 3 is 2.90 bits per heavy atom. The number of aromatic amines is 1. The number of phenols is 1. The molecular formula is C11H10ClN5O3. The van der Waals surface area contributed by atoms with Gasteiger partial charge in [-0.15, -0.1) is 0 Å². The first kappa shape index (κ1) is 13.7. The number of nitrogens with zero attached hydrogens (tertiary/aromatic N) is 2. The van der Waals surface area contributed by atoms with Gasteiger partial charge < -0.3 is 21.4 Å². The Hall–Kier alpha value is -2.74. The third kappa shape index (κ3) is 2.64. The third-order valence-electron chi connectivity index (χ3n) is 2.47. The van der Waals surface area contributed by atoms with E-state index in [-0.39, 0.29) is 33.6 Å². The number of rotatable bonds is 3. The van der Waals surface area contributed by atoms with Crippen LogP contribution in [0.15, 0.2) is 29.6 Å². The highest BCUT2D eigenvalue weighted by molar-refractivity contribution is 6.32. The first-order chi connectivity index (χ1) is 9.52. The summed E-state index contributed by atoms with van der Waals surface area (Å²) in [6.07, 6.45) is 1.30. The molecule has 0 radical (unpaired) electrons. The van der Waals surface area contributed by atoms with Crippen LogP contribution >= 0.6 is 11.6 Å². The summed E-state index contributed by atoms with van der Waals surface area (Å²) in [5.41, 5.74) is 5.90. The van der Waals surface area contributed by atoms with Crippen LogP contribution in [0.2, 0.25) is 5.02 Å². The van der Waals surface area contributed by atoms with Crippen molar-refractivity contribution in [3.63, 3.8) is 0 Å². The van der Waals surface area contributed by atoms with E-state index in [0.717, 1.165) is 0 Å². The Morgan fingerprint density at radius 2 is 2.25 bits per heavy atom. The van der Waals surface area contributed by atoms with Gasteiger partial charge in [-0.05, 0) is 18.2 Å². The lowest BCUT2D eigenvalue weighted by Crippen LogP contribution is -2.18. The van der Waals surface area contributed by atoms with Crippen LogP contribution in [0.3, 0.4) is 0 Å². The molecule has 2 aromatic rings. The fourth-order valence-corrected chi connectivity index (χ4v) is 1.64. The minimum Gasteiger partial charge on any atom is -0.506 e. The van der Waals surface area contributed by atoms with E-state index in [1.165, 1.54) is 24.4 Å². The summed E-state index contributed by atoms with van der Waals surface area (Å²) in [4.78, 5) is 12.0. The van der Waals surface area contributed by atoms with Gasteiger partial charge in [-0.1, -0.05) is 16.8 Å². The van der Waals surface area contributed by atoms with Crippen LogP contribution in [-0.4, -0.2) is 32.3 Å². The summed E-state index contributed by atoms with van der Waals surface area (Å²) >= 11 is 5.72. The van der Waals surface area contributed by atoms with E-state index in [1.807, 2.05) is 0 Å². The van der Waals surface area contributed by atoms with Gasteiger partial charge in [0, 0.05) is 5.56 Å². The quantitative estimate of drug-likeness (QED) is 0.250. The Kier molecular flexibility index (Phi) is 3.76. The zero-order chi connectivity index (χ0) is 14.7. The van der Waals surface area contributed by atoms with Crippen molar-refractivity contribution in [2.45, 2.75) is 0 Å². The number of nitrogens with two attached hydrogens (primary N) is 1. The summed E-state index contributed by atoms with van der Waals surface area (Å²) in [7, 11) is 0. The second-order valence-corrected chi connectivity index (χ2v) is 4.17. The van der Waals surface area contributed by atoms with Gasteiger partial charge >= 0.3 is 0 Å². The second-order valence-electron chi connectivity index (χ2n) is 3.76. The maximum Gasteiger partial charge on any atom is 0.256 e. The van der Waals surface area contributed by atoms with Crippen molar-refractivity contribution >= 4 is 29.2 Å². The van der Waals surface area contributed by atoms with Gasteiger partial charge in [-0.2, -0.15) is 5.10 Å². The Bertz CT molecular complexity index is 682. The smallest absolute Gasteiger partial charge is 0.256 e. The highest BCUT2D eigenvalue weighted by atomic mass is 35.5. The second kappa shape index (κ2) is 5.49. The number of nitrogens with one attached hydrogen (secondary N) is 2. The minimum absolute atomic E-state index is 0.0546. The largest absolute Gasteiger partial charge is 0.506 e. The number of hydrogen-bond donors (Lipinski definition) is 5. The number of oxime groups is 1. The van der Waals surface area contributed by atoms with Crippen molar-refractivity contribution in [3.8, 4) is 5.75 Å². The molecule has 1 aromatic carbocycles. The Balaban J connectivity index is 2.24. The van der Waals surface area contributed by atoms with E-state index >= 15 is 0 Å². The van der Waals surface area contributed by atoms with E-state index in [9.17, 15) is 9.90 Å². The molecule has 0 aliphatic carbocycles. The standard InChI is InChI=1S/C11H10ClN5O3/c12-7-3-5(1-2-8(7)18)11(19)15-10-6(4-14-16-10)9(13)17-20/h1-4,18,20H,(H2,13,17)(H2,14,15,16,19). The summed E-state index contributed by atoms with van der Waals surface area (Å²) < 4.78 is 0. The van der Waals surface area contributed by atoms with Crippen LogP contribution in [0.4, 0.5) is 5.82 Å².